The Hall–Kier alpha value is -1.16. The lowest BCUT2D eigenvalue weighted by atomic mass is 10.2. The molecule has 0 unspecified atom stereocenters. The third kappa shape index (κ3) is 2.20. The molecule has 4 heteroatoms. The molecule has 0 saturated heterocycles. The fourth-order valence-corrected chi connectivity index (χ4v) is 1.92. The lowest BCUT2D eigenvalue weighted by molar-refractivity contribution is 0.379. The molecule has 0 aliphatic heterocycles. The molecule has 0 aromatic carbocycles. The lowest BCUT2D eigenvalue weighted by Gasteiger charge is -1.90. The predicted octanol–water partition coefficient (Wildman–Crippen LogP) is 2.53. The summed E-state index contributed by atoms with van der Waals surface area (Å²) in [5.74, 6) is 0.938. The van der Waals surface area contributed by atoms with E-state index in [1.807, 2.05) is 13.0 Å². The minimum absolute atomic E-state index is 0.879. The molecule has 0 fully saturated rings. The molecule has 2 aromatic heterocycles. The fourth-order valence-electron chi connectivity index (χ4n) is 1.32. The van der Waals surface area contributed by atoms with Gasteiger partial charge in [-0.25, -0.2) is 0 Å². The van der Waals surface area contributed by atoms with Crippen molar-refractivity contribution in [3.63, 3.8) is 0 Å². The molecule has 0 amide bonds. The van der Waals surface area contributed by atoms with E-state index in [0.717, 1.165) is 30.0 Å². The lowest BCUT2D eigenvalue weighted by Crippen LogP contribution is -1.88. The van der Waals surface area contributed by atoms with Crippen LogP contribution in [-0.2, 0) is 12.8 Å². The van der Waals surface area contributed by atoms with Crippen LogP contribution in [0.25, 0.3) is 0 Å². The molecular weight excluding hydrogens is 196 g/mol. The zero-order chi connectivity index (χ0) is 9.97. The van der Waals surface area contributed by atoms with Crippen molar-refractivity contribution >= 4 is 11.5 Å². The molecule has 2 rings (SSSR count). The van der Waals surface area contributed by atoms with Crippen LogP contribution in [0, 0.1) is 13.8 Å². The Bertz CT molecular complexity index is 379. The van der Waals surface area contributed by atoms with Crippen molar-refractivity contribution < 1.29 is 4.52 Å². The number of nitrogens with zero attached hydrogens (tertiary/aromatic N) is 2. The molecule has 2 aromatic rings. The Morgan fingerprint density at radius 2 is 2.14 bits per heavy atom. The first-order valence-electron chi connectivity index (χ1n) is 4.58. The Labute approximate surface area is 86.9 Å². The quantitative estimate of drug-likeness (QED) is 0.778. The van der Waals surface area contributed by atoms with E-state index >= 15 is 0 Å². The molecule has 0 aliphatic rings. The minimum Gasteiger partial charge on any atom is -0.361 e. The summed E-state index contributed by atoms with van der Waals surface area (Å²) >= 11 is 1.55. The highest BCUT2D eigenvalue weighted by Gasteiger charge is 2.03. The molecule has 0 atom stereocenters. The zero-order valence-corrected chi connectivity index (χ0v) is 9.10. The smallest absolute Gasteiger partial charge is 0.137 e. The second kappa shape index (κ2) is 3.92. The van der Waals surface area contributed by atoms with Crippen molar-refractivity contribution in [2.45, 2.75) is 26.7 Å². The molecule has 2 heterocycles. The monoisotopic (exact) mass is 208 g/mol. The average Bonchev–Trinajstić information content (AvgIpc) is 2.72. The van der Waals surface area contributed by atoms with Gasteiger partial charge in [0.15, 0.2) is 0 Å². The molecule has 0 N–H and O–H groups in total. The summed E-state index contributed by atoms with van der Waals surface area (Å²) in [4.78, 5) is 1.26. The Balaban J connectivity index is 1.94. The number of hydrogen-bond donors (Lipinski definition) is 0. The van der Waals surface area contributed by atoms with Gasteiger partial charge >= 0.3 is 0 Å². The van der Waals surface area contributed by atoms with Crippen LogP contribution >= 0.6 is 11.5 Å². The van der Waals surface area contributed by atoms with E-state index in [1.165, 1.54) is 4.88 Å². The zero-order valence-electron chi connectivity index (χ0n) is 8.28. The van der Waals surface area contributed by atoms with Gasteiger partial charge in [-0.2, -0.15) is 4.37 Å². The van der Waals surface area contributed by atoms with Gasteiger partial charge in [-0.3, -0.25) is 0 Å². The SMILES string of the molecule is Cc1cc(CCc2cc(C)sn2)on1. The summed E-state index contributed by atoms with van der Waals surface area (Å²) in [5, 5.41) is 3.84. The van der Waals surface area contributed by atoms with Crippen LogP contribution in [0.3, 0.4) is 0 Å². The average molecular weight is 208 g/mol. The van der Waals surface area contributed by atoms with Gasteiger partial charge in [-0.05, 0) is 37.9 Å². The summed E-state index contributed by atoms with van der Waals surface area (Å²) in [7, 11) is 0. The third-order valence-corrected chi connectivity index (χ3v) is 2.71. The molecular formula is C10H12N2OS. The van der Waals surface area contributed by atoms with Crippen LogP contribution in [0.1, 0.15) is 22.0 Å². The van der Waals surface area contributed by atoms with Gasteiger partial charge in [-0.1, -0.05) is 5.16 Å². The molecule has 74 valence electrons. The first-order chi connectivity index (χ1) is 6.74. The summed E-state index contributed by atoms with van der Waals surface area (Å²) in [6.07, 6.45) is 1.81. The standard InChI is InChI=1S/C10H12N2OS/c1-7-5-10(13-11-7)4-3-9-6-8(2)14-12-9/h5-6H,3-4H2,1-2H3. The van der Waals surface area contributed by atoms with E-state index in [-0.39, 0.29) is 0 Å². The first kappa shape index (κ1) is 9.40. The van der Waals surface area contributed by atoms with E-state index in [1.54, 1.807) is 11.5 Å². The number of rotatable bonds is 3. The number of aryl methyl sites for hydroxylation is 4. The number of hydrogen-bond acceptors (Lipinski definition) is 4. The fraction of sp³-hybridized carbons (Fsp3) is 0.400. The van der Waals surface area contributed by atoms with Gasteiger partial charge in [0.25, 0.3) is 0 Å². The Morgan fingerprint density at radius 1 is 1.29 bits per heavy atom. The predicted molar refractivity (Wildman–Crippen MR) is 55.5 cm³/mol. The van der Waals surface area contributed by atoms with Gasteiger partial charge in [0.1, 0.15) is 5.76 Å². The molecule has 0 saturated carbocycles. The summed E-state index contributed by atoms with van der Waals surface area (Å²) in [6.45, 7) is 4.00. The van der Waals surface area contributed by atoms with Crippen LogP contribution in [-0.4, -0.2) is 9.53 Å². The topological polar surface area (TPSA) is 38.9 Å². The molecule has 14 heavy (non-hydrogen) atoms. The summed E-state index contributed by atoms with van der Waals surface area (Å²) in [6, 6.07) is 4.09. The largest absolute Gasteiger partial charge is 0.361 e. The molecule has 0 bridgehead atoms. The van der Waals surface area contributed by atoms with E-state index in [0.29, 0.717) is 0 Å². The molecule has 0 spiro atoms. The maximum absolute atomic E-state index is 5.12. The molecule has 3 nitrogen and oxygen atoms in total. The van der Waals surface area contributed by atoms with Crippen molar-refractivity contribution in [2.24, 2.45) is 0 Å². The third-order valence-electron chi connectivity index (χ3n) is 1.98. The van der Waals surface area contributed by atoms with Crippen LogP contribution in [0.2, 0.25) is 0 Å². The van der Waals surface area contributed by atoms with Crippen LogP contribution in [0.5, 0.6) is 0 Å². The van der Waals surface area contributed by atoms with Gasteiger partial charge in [0.05, 0.1) is 11.4 Å². The van der Waals surface area contributed by atoms with Gasteiger partial charge in [0.2, 0.25) is 0 Å². The summed E-state index contributed by atoms with van der Waals surface area (Å²) < 4.78 is 9.44. The van der Waals surface area contributed by atoms with Crippen LogP contribution in [0.4, 0.5) is 0 Å². The highest BCUT2D eigenvalue weighted by atomic mass is 32.1. The van der Waals surface area contributed by atoms with E-state index in [9.17, 15) is 0 Å². The van der Waals surface area contributed by atoms with Gasteiger partial charge in [0, 0.05) is 17.4 Å². The van der Waals surface area contributed by atoms with Crippen molar-refractivity contribution in [1.82, 2.24) is 9.53 Å². The molecule has 0 aliphatic carbocycles. The van der Waals surface area contributed by atoms with Crippen molar-refractivity contribution in [2.75, 3.05) is 0 Å². The highest BCUT2D eigenvalue weighted by Crippen LogP contribution is 2.11. The second-order valence-corrected chi connectivity index (χ2v) is 4.37. The van der Waals surface area contributed by atoms with Crippen molar-refractivity contribution in [1.29, 1.82) is 0 Å². The van der Waals surface area contributed by atoms with E-state index < -0.39 is 0 Å². The second-order valence-electron chi connectivity index (χ2n) is 3.36. The van der Waals surface area contributed by atoms with E-state index in [4.69, 9.17) is 4.52 Å². The number of aromatic nitrogens is 2. The maximum Gasteiger partial charge on any atom is 0.137 e. The normalized spacial score (nSPS) is 10.7. The maximum atomic E-state index is 5.12. The van der Waals surface area contributed by atoms with Crippen LogP contribution in [0.15, 0.2) is 16.7 Å². The Morgan fingerprint density at radius 3 is 2.71 bits per heavy atom. The Kier molecular flexibility index (Phi) is 2.63. The van der Waals surface area contributed by atoms with Crippen LogP contribution < -0.4 is 0 Å². The minimum atomic E-state index is 0.879. The van der Waals surface area contributed by atoms with Gasteiger partial charge < -0.3 is 4.52 Å². The molecule has 0 radical (unpaired) electrons. The van der Waals surface area contributed by atoms with Gasteiger partial charge in [-0.15, -0.1) is 0 Å². The highest BCUT2D eigenvalue weighted by molar-refractivity contribution is 7.05. The first-order valence-corrected chi connectivity index (χ1v) is 5.36. The van der Waals surface area contributed by atoms with E-state index in [2.05, 4.69) is 22.5 Å². The summed E-state index contributed by atoms with van der Waals surface area (Å²) in [5.41, 5.74) is 2.08. The van der Waals surface area contributed by atoms with Crippen molar-refractivity contribution in [3.8, 4) is 0 Å². The van der Waals surface area contributed by atoms with Crippen molar-refractivity contribution in [3.05, 3.63) is 34.2 Å².